The molecule has 2 aromatic carbocycles. The van der Waals surface area contributed by atoms with E-state index in [-0.39, 0.29) is 17.4 Å². The molecule has 0 bridgehead atoms. The number of fused-ring (bicyclic) bond motifs is 1. The minimum Gasteiger partial charge on any atom is -0.485 e. The fraction of sp³-hybridized carbons (Fsp3) is 0.480. The van der Waals surface area contributed by atoms with Crippen molar-refractivity contribution in [2.75, 3.05) is 50.8 Å². The Labute approximate surface area is 201 Å². The van der Waals surface area contributed by atoms with Crippen LogP contribution in [0, 0.1) is 0 Å². The Kier molecular flexibility index (Phi) is 6.65. The van der Waals surface area contributed by atoms with Crippen molar-refractivity contribution in [3.8, 4) is 11.5 Å². The lowest BCUT2D eigenvalue weighted by Gasteiger charge is -2.35. The molecule has 3 aliphatic heterocycles. The Balaban J connectivity index is 1.24. The maximum atomic E-state index is 13.3. The van der Waals surface area contributed by atoms with Crippen molar-refractivity contribution in [2.45, 2.75) is 36.7 Å². The van der Waals surface area contributed by atoms with Gasteiger partial charge >= 0.3 is 0 Å². The minimum atomic E-state index is -3.66. The molecule has 0 N–H and O–H groups in total. The molecule has 182 valence electrons. The van der Waals surface area contributed by atoms with Crippen molar-refractivity contribution >= 4 is 21.6 Å². The third-order valence-electron chi connectivity index (χ3n) is 6.77. The summed E-state index contributed by atoms with van der Waals surface area (Å²) in [5.74, 6) is 0.719. The Morgan fingerprint density at radius 1 is 0.824 bits per heavy atom. The van der Waals surface area contributed by atoms with Crippen molar-refractivity contribution in [1.29, 1.82) is 0 Å². The second kappa shape index (κ2) is 9.84. The van der Waals surface area contributed by atoms with Gasteiger partial charge < -0.3 is 19.3 Å². The number of carbonyl (C=O) groups is 1. The molecule has 3 heterocycles. The average Bonchev–Trinajstić information content (AvgIpc) is 3.18. The average molecular weight is 486 g/mol. The van der Waals surface area contributed by atoms with E-state index in [4.69, 9.17) is 9.47 Å². The molecular weight excluding hydrogens is 454 g/mol. The predicted molar refractivity (Wildman–Crippen MR) is 129 cm³/mol. The number of hydrogen-bond donors (Lipinski definition) is 0. The van der Waals surface area contributed by atoms with Gasteiger partial charge in [0.15, 0.2) is 11.5 Å². The number of carbonyl (C=O) groups excluding carboxylic acids is 1. The summed E-state index contributed by atoms with van der Waals surface area (Å²) in [6.45, 7) is 3.68. The summed E-state index contributed by atoms with van der Waals surface area (Å²) in [6, 6.07) is 14.7. The number of piperazine rings is 1. The van der Waals surface area contributed by atoms with Crippen molar-refractivity contribution in [1.82, 2.24) is 9.21 Å². The molecule has 2 fully saturated rings. The van der Waals surface area contributed by atoms with E-state index in [0.717, 1.165) is 44.5 Å². The van der Waals surface area contributed by atoms with Crippen LogP contribution in [0.15, 0.2) is 53.4 Å². The van der Waals surface area contributed by atoms with Gasteiger partial charge in [-0.25, -0.2) is 8.42 Å². The van der Waals surface area contributed by atoms with E-state index >= 15 is 0 Å². The van der Waals surface area contributed by atoms with Gasteiger partial charge in [0.25, 0.3) is 5.91 Å². The lowest BCUT2D eigenvalue weighted by atomic mass is 10.2. The van der Waals surface area contributed by atoms with E-state index in [1.165, 1.54) is 10.4 Å². The van der Waals surface area contributed by atoms with Gasteiger partial charge in [0.05, 0.1) is 4.90 Å². The summed E-state index contributed by atoms with van der Waals surface area (Å²) >= 11 is 0. The smallest absolute Gasteiger partial charge is 0.267 e. The topological polar surface area (TPSA) is 79.4 Å². The number of amides is 1. The van der Waals surface area contributed by atoms with Crippen molar-refractivity contribution < 1.29 is 22.7 Å². The Morgan fingerprint density at radius 2 is 1.53 bits per heavy atom. The van der Waals surface area contributed by atoms with Crippen LogP contribution in [0.2, 0.25) is 0 Å². The van der Waals surface area contributed by atoms with Crippen LogP contribution < -0.4 is 14.4 Å². The van der Waals surface area contributed by atoms with E-state index in [0.29, 0.717) is 37.7 Å². The molecule has 8 nitrogen and oxygen atoms in total. The largest absolute Gasteiger partial charge is 0.485 e. The number of rotatable bonds is 4. The summed E-state index contributed by atoms with van der Waals surface area (Å²) < 4.78 is 39.8. The third kappa shape index (κ3) is 4.72. The molecule has 2 saturated heterocycles. The quantitative estimate of drug-likeness (QED) is 0.663. The first-order valence-electron chi connectivity index (χ1n) is 12.0. The number of hydrogen-bond acceptors (Lipinski definition) is 6. The molecule has 34 heavy (non-hydrogen) atoms. The zero-order valence-corrected chi connectivity index (χ0v) is 20.1. The summed E-state index contributed by atoms with van der Waals surface area (Å²) in [7, 11) is -3.66. The van der Waals surface area contributed by atoms with Gasteiger partial charge in [-0.1, -0.05) is 31.0 Å². The molecule has 9 heteroatoms. The molecule has 0 saturated carbocycles. The SMILES string of the molecule is O=C([C@@H]1COc2cc(S(=O)(=O)N3CCN(c4ccccc4)CC3)ccc2O1)N1CCCCCC1. The maximum Gasteiger partial charge on any atom is 0.267 e. The van der Waals surface area contributed by atoms with Gasteiger partial charge in [-0.15, -0.1) is 0 Å². The summed E-state index contributed by atoms with van der Waals surface area (Å²) in [6.07, 6.45) is 3.62. The molecule has 0 unspecified atom stereocenters. The molecule has 1 amide bonds. The van der Waals surface area contributed by atoms with Crippen molar-refractivity contribution in [3.05, 3.63) is 48.5 Å². The molecule has 0 aromatic heterocycles. The Morgan fingerprint density at radius 3 is 2.24 bits per heavy atom. The molecule has 2 aromatic rings. The van der Waals surface area contributed by atoms with Crippen LogP contribution in [0.5, 0.6) is 11.5 Å². The predicted octanol–water partition coefficient (Wildman–Crippen LogP) is 2.74. The highest BCUT2D eigenvalue weighted by atomic mass is 32.2. The number of likely N-dealkylation sites (tertiary alicyclic amines) is 1. The molecule has 1 atom stereocenters. The highest BCUT2D eigenvalue weighted by Crippen LogP contribution is 2.35. The summed E-state index contributed by atoms with van der Waals surface area (Å²) in [5.41, 5.74) is 1.10. The Bertz CT molecular complexity index is 1110. The van der Waals surface area contributed by atoms with Gasteiger partial charge in [-0.05, 0) is 37.1 Å². The fourth-order valence-electron chi connectivity index (χ4n) is 4.80. The molecule has 5 rings (SSSR count). The van der Waals surface area contributed by atoms with Crippen LogP contribution in [0.3, 0.4) is 0 Å². The number of sulfonamides is 1. The molecular formula is C25H31N3O5S. The number of benzene rings is 2. The molecule has 0 aliphatic carbocycles. The number of nitrogens with zero attached hydrogens (tertiary/aromatic N) is 3. The van der Waals surface area contributed by atoms with Crippen molar-refractivity contribution in [2.24, 2.45) is 0 Å². The second-order valence-electron chi connectivity index (χ2n) is 8.99. The molecule has 0 radical (unpaired) electrons. The van der Waals surface area contributed by atoms with Crippen LogP contribution in [0.25, 0.3) is 0 Å². The van der Waals surface area contributed by atoms with Gasteiger partial charge in [-0.2, -0.15) is 4.31 Å². The van der Waals surface area contributed by atoms with E-state index in [1.54, 1.807) is 12.1 Å². The van der Waals surface area contributed by atoms with E-state index in [1.807, 2.05) is 35.2 Å². The van der Waals surface area contributed by atoms with E-state index < -0.39 is 16.1 Å². The lowest BCUT2D eigenvalue weighted by Crippen LogP contribution is -2.48. The first kappa shape index (κ1) is 23.0. The second-order valence-corrected chi connectivity index (χ2v) is 10.9. The maximum absolute atomic E-state index is 13.3. The standard InChI is InChI=1S/C25H31N3O5S/c29-25(27-12-6-1-2-7-13-27)24-19-32-23-18-21(10-11-22(23)33-24)34(30,31)28-16-14-26(15-17-28)20-8-4-3-5-9-20/h3-5,8-11,18,24H,1-2,6-7,12-17,19H2/t24-/m0/s1. The Hall–Kier alpha value is -2.78. The number of anilines is 1. The summed E-state index contributed by atoms with van der Waals surface area (Å²) in [5, 5.41) is 0. The zero-order valence-electron chi connectivity index (χ0n) is 19.3. The van der Waals surface area contributed by atoms with Crippen molar-refractivity contribution in [3.63, 3.8) is 0 Å². The van der Waals surface area contributed by atoms with E-state index in [2.05, 4.69) is 4.90 Å². The van der Waals surface area contributed by atoms with Crippen LogP contribution >= 0.6 is 0 Å². The fourth-order valence-corrected chi connectivity index (χ4v) is 6.24. The lowest BCUT2D eigenvalue weighted by molar-refractivity contribution is -0.141. The van der Waals surface area contributed by atoms with E-state index in [9.17, 15) is 13.2 Å². The first-order valence-corrected chi connectivity index (χ1v) is 13.5. The zero-order chi connectivity index (χ0) is 23.5. The first-order chi connectivity index (χ1) is 16.5. The highest BCUT2D eigenvalue weighted by Gasteiger charge is 2.34. The number of ether oxygens (including phenoxy) is 2. The van der Waals surface area contributed by atoms with Gasteiger partial charge in [-0.3, -0.25) is 4.79 Å². The van der Waals surface area contributed by atoms with Gasteiger partial charge in [0, 0.05) is 51.0 Å². The van der Waals surface area contributed by atoms with Crippen LogP contribution in [-0.2, 0) is 14.8 Å². The monoisotopic (exact) mass is 485 g/mol. The minimum absolute atomic E-state index is 0.0551. The van der Waals surface area contributed by atoms with Crippen LogP contribution in [0.4, 0.5) is 5.69 Å². The molecule has 3 aliphatic rings. The van der Waals surface area contributed by atoms with Gasteiger partial charge in [0.2, 0.25) is 16.1 Å². The third-order valence-corrected chi connectivity index (χ3v) is 8.66. The van der Waals surface area contributed by atoms with Gasteiger partial charge in [0.1, 0.15) is 6.61 Å². The number of para-hydroxylation sites is 1. The normalized spacial score (nSPS) is 21.7. The highest BCUT2D eigenvalue weighted by molar-refractivity contribution is 7.89. The van der Waals surface area contributed by atoms with Crippen LogP contribution in [0.1, 0.15) is 25.7 Å². The van der Waals surface area contributed by atoms with Crippen LogP contribution in [-0.4, -0.2) is 75.5 Å². The molecule has 0 spiro atoms. The summed E-state index contributed by atoms with van der Waals surface area (Å²) in [4.78, 5) is 17.1.